The first kappa shape index (κ1) is 9.48. The molecule has 1 N–H and O–H groups in total. The molecule has 0 aliphatic carbocycles. The number of halogens is 1. The molecule has 0 unspecified atom stereocenters. The van der Waals surface area contributed by atoms with Crippen LogP contribution in [0.25, 0.3) is 0 Å². The van der Waals surface area contributed by atoms with Crippen molar-refractivity contribution in [2.75, 3.05) is 20.2 Å². The lowest BCUT2D eigenvalue weighted by atomic mass is 10.5. The first-order valence-corrected chi connectivity index (χ1v) is 4.50. The van der Waals surface area contributed by atoms with Gasteiger partial charge in [-0.1, -0.05) is 0 Å². The number of nitrogens with zero attached hydrogens (tertiary/aromatic N) is 1. The first-order valence-electron chi connectivity index (χ1n) is 3.71. The smallest absolute Gasteiger partial charge is 0.138 e. The van der Waals surface area contributed by atoms with Gasteiger partial charge >= 0.3 is 0 Å². The molecular formula is C8H11BrN2O. The van der Waals surface area contributed by atoms with Crippen LogP contribution >= 0.6 is 15.9 Å². The maximum absolute atomic E-state index is 5.37. The van der Waals surface area contributed by atoms with E-state index in [-0.39, 0.29) is 0 Å². The molecule has 1 rings (SSSR count). The molecule has 1 aromatic heterocycles. The Morgan fingerprint density at radius 1 is 1.58 bits per heavy atom. The minimum atomic E-state index is 0.661. The van der Waals surface area contributed by atoms with Gasteiger partial charge in [0, 0.05) is 17.2 Å². The zero-order valence-corrected chi connectivity index (χ0v) is 8.47. The molecule has 0 aromatic carbocycles. The molecule has 0 fully saturated rings. The number of likely N-dealkylation sites (N-methyl/N-ethyl adjacent to an activating group) is 1. The quantitative estimate of drug-likeness (QED) is 0.796. The van der Waals surface area contributed by atoms with E-state index in [0.717, 1.165) is 16.8 Å². The molecule has 12 heavy (non-hydrogen) atoms. The molecule has 0 spiro atoms. The van der Waals surface area contributed by atoms with Crippen molar-refractivity contribution in [3.63, 3.8) is 0 Å². The highest BCUT2D eigenvalue weighted by Crippen LogP contribution is 2.15. The average Bonchev–Trinajstić information content (AvgIpc) is 2.05. The van der Waals surface area contributed by atoms with Gasteiger partial charge < -0.3 is 10.1 Å². The van der Waals surface area contributed by atoms with Crippen LogP contribution in [0.5, 0.6) is 5.75 Å². The van der Waals surface area contributed by atoms with Gasteiger partial charge in [0.1, 0.15) is 12.4 Å². The number of rotatable bonds is 4. The van der Waals surface area contributed by atoms with Gasteiger partial charge in [-0.05, 0) is 29.0 Å². The number of aromatic nitrogens is 1. The Morgan fingerprint density at radius 2 is 2.42 bits per heavy atom. The highest BCUT2D eigenvalue weighted by Gasteiger charge is 1.93. The van der Waals surface area contributed by atoms with Crippen molar-refractivity contribution in [3.05, 3.63) is 22.9 Å². The van der Waals surface area contributed by atoms with Crippen molar-refractivity contribution >= 4 is 15.9 Å². The average molecular weight is 231 g/mol. The zero-order chi connectivity index (χ0) is 8.81. The summed E-state index contributed by atoms with van der Waals surface area (Å²) in [6, 6.07) is 1.89. The molecule has 0 radical (unpaired) electrons. The third-order valence-electron chi connectivity index (χ3n) is 1.30. The van der Waals surface area contributed by atoms with Gasteiger partial charge in [-0.15, -0.1) is 0 Å². The van der Waals surface area contributed by atoms with E-state index in [4.69, 9.17) is 4.74 Å². The predicted octanol–water partition coefficient (Wildman–Crippen LogP) is 1.44. The molecule has 1 aromatic rings. The molecule has 0 aliphatic rings. The van der Waals surface area contributed by atoms with Crippen LogP contribution in [0, 0.1) is 0 Å². The van der Waals surface area contributed by atoms with Crippen molar-refractivity contribution in [2.45, 2.75) is 0 Å². The van der Waals surface area contributed by atoms with E-state index >= 15 is 0 Å². The largest absolute Gasteiger partial charge is 0.491 e. The van der Waals surface area contributed by atoms with Crippen molar-refractivity contribution in [1.82, 2.24) is 10.3 Å². The molecule has 0 amide bonds. The molecule has 0 saturated carbocycles. The normalized spacial score (nSPS) is 9.83. The van der Waals surface area contributed by atoms with E-state index in [1.54, 1.807) is 12.4 Å². The fourth-order valence-electron chi connectivity index (χ4n) is 0.742. The second-order valence-electron chi connectivity index (χ2n) is 2.29. The predicted molar refractivity (Wildman–Crippen MR) is 51.4 cm³/mol. The Kier molecular flexibility index (Phi) is 4.04. The summed E-state index contributed by atoms with van der Waals surface area (Å²) < 4.78 is 6.31. The van der Waals surface area contributed by atoms with E-state index in [0.29, 0.717) is 6.61 Å². The molecule has 3 nitrogen and oxygen atoms in total. The van der Waals surface area contributed by atoms with Crippen LogP contribution in [0.1, 0.15) is 0 Å². The Hall–Kier alpha value is -0.610. The summed E-state index contributed by atoms with van der Waals surface area (Å²) in [5.74, 6) is 0.791. The van der Waals surface area contributed by atoms with Crippen LogP contribution in [0.2, 0.25) is 0 Å². The van der Waals surface area contributed by atoms with E-state index < -0.39 is 0 Å². The van der Waals surface area contributed by atoms with Gasteiger partial charge in [0.15, 0.2) is 0 Å². The summed E-state index contributed by atoms with van der Waals surface area (Å²) in [5, 5.41) is 3.00. The molecule has 0 atom stereocenters. The highest BCUT2D eigenvalue weighted by molar-refractivity contribution is 9.10. The highest BCUT2D eigenvalue weighted by atomic mass is 79.9. The Labute approximate surface area is 80.3 Å². The van der Waals surface area contributed by atoms with Crippen molar-refractivity contribution in [3.8, 4) is 5.75 Å². The van der Waals surface area contributed by atoms with E-state index in [2.05, 4.69) is 26.2 Å². The van der Waals surface area contributed by atoms with Crippen molar-refractivity contribution in [1.29, 1.82) is 0 Å². The van der Waals surface area contributed by atoms with Gasteiger partial charge in [-0.3, -0.25) is 4.98 Å². The molecule has 4 heteroatoms. The maximum Gasteiger partial charge on any atom is 0.138 e. The monoisotopic (exact) mass is 230 g/mol. The second kappa shape index (κ2) is 5.11. The lowest BCUT2D eigenvalue weighted by molar-refractivity contribution is 0.317. The third-order valence-corrected chi connectivity index (χ3v) is 1.73. The Morgan fingerprint density at radius 3 is 3.08 bits per heavy atom. The van der Waals surface area contributed by atoms with Crippen LogP contribution in [0.15, 0.2) is 22.9 Å². The van der Waals surface area contributed by atoms with E-state index in [1.807, 2.05) is 13.1 Å². The number of ether oxygens (including phenoxy) is 1. The number of hydrogen-bond donors (Lipinski definition) is 1. The SMILES string of the molecule is CNCCOc1cncc(Br)c1. The molecule has 0 aliphatic heterocycles. The maximum atomic E-state index is 5.37. The molecule has 0 bridgehead atoms. The van der Waals surface area contributed by atoms with Crippen molar-refractivity contribution in [2.24, 2.45) is 0 Å². The van der Waals surface area contributed by atoms with Gasteiger partial charge in [-0.25, -0.2) is 0 Å². The summed E-state index contributed by atoms with van der Waals surface area (Å²) in [6.07, 6.45) is 3.42. The van der Waals surface area contributed by atoms with Crippen LogP contribution in [-0.2, 0) is 0 Å². The first-order chi connectivity index (χ1) is 5.83. The Bertz CT molecular complexity index is 242. The molecule has 66 valence electrons. The van der Waals surface area contributed by atoms with Crippen LogP contribution in [0.3, 0.4) is 0 Å². The van der Waals surface area contributed by atoms with Crippen LogP contribution in [0.4, 0.5) is 0 Å². The minimum Gasteiger partial charge on any atom is -0.491 e. The Balaban J connectivity index is 2.41. The van der Waals surface area contributed by atoms with Gasteiger partial charge in [0.25, 0.3) is 0 Å². The zero-order valence-electron chi connectivity index (χ0n) is 6.88. The van der Waals surface area contributed by atoms with Gasteiger partial charge in [-0.2, -0.15) is 0 Å². The van der Waals surface area contributed by atoms with Crippen LogP contribution < -0.4 is 10.1 Å². The lowest BCUT2D eigenvalue weighted by Crippen LogP contribution is -2.15. The lowest BCUT2D eigenvalue weighted by Gasteiger charge is -2.04. The summed E-state index contributed by atoms with van der Waals surface area (Å²) in [4.78, 5) is 3.97. The summed E-state index contributed by atoms with van der Waals surface area (Å²) in [6.45, 7) is 1.50. The number of pyridine rings is 1. The second-order valence-corrected chi connectivity index (χ2v) is 3.21. The topological polar surface area (TPSA) is 34.1 Å². The number of hydrogen-bond acceptors (Lipinski definition) is 3. The van der Waals surface area contributed by atoms with Crippen LogP contribution in [-0.4, -0.2) is 25.2 Å². The minimum absolute atomic E-state index is 0.661. The fourth-order valence-corrected chi connectivity index (χ4v) is 1.09. The molecule has 1 heterocycles. The summed E-state index contributed by atoms with van der Waals surface area (Å²) >= 11 is 3.31. The van der Waals surface area contributed by atoms with Gasteiger partial charge in [0.2, 0.25) is 0 Å². The molecule has 0 saturated heterocycles. The molecular weight excluding hydrogens is 220 g/mol. The summed E-state index contributed by atoms with van der Waals surface area (Å²) in [5.41, 5.74) is 0. The summed E-state index contributed by atoms with van der Waals surface area (Å²) in [7, 11) is 1.89. The van der Waals surface area contributed by atoms with E-state index in [9.17, 15) is 0 Å². The third kappa shape index (κ3) is 3.19. The van der Waals surface area contributed by atoms with E-state index in [1.165, 1.54) is 0 Å². The standard InChI is InChI=1S/C8H11BrN2O/c1-10-2-3-12-8-4-7(9)5-11-6-8/h4-6,10H,2-3H2,1H3. The number of nitrogens with one attached hydrogen (secondary N) is 1. The van der Waals surface area contributed by atoms with Crippen molar-refractivity contribution < 1.29 is 4.74 Å². The fraction of sp³-hybridized carbons (Fsp3) is 0.375. The van der Waals surface area contributed by atoms with Gasteiger partial charge in [0.05, 0.1) is 6.20 Å².